The Labute approximate surface area is 116 Å². The molecule has 1 aromatic rings. The zero-order valence-corrected chi connectivity index (χ0v) is 12.8. The highest BCUT2D eigenvalue weighted by molar-refractivity contribution is 8.13. The maximum absolute atomic E-state index is 11.5. The smallest absolute Gasteiger partial charge is 0.266 e. The first-order valence-electron chi connectivity index (χ1n) is 5.46. The first-order valence-corrected chi connectivity index (χ1v) is 8.14. The van der Waals surface area contributed by atoms with E-state index >= 15 is 0 Å². The number of hydrogen-bond acceptors (Lipinski definition) is 4. The van der Waals surface area contributed by atoms with Gasteiger partial charge in [0, 0.05) is 24.3 Å². The van der Waals surface area contributed by atoms with Crippen molar-refractivity contribution in [3.05, 3.63) is 10.8 Å². The Kier molecular flexibility index (Phi) is 5.46. The lowest BCUT2D eigenvalue weighted by Crippen LogP contribution is -2.04. The number of aromatic nitrogens is 2. The van der Waals surface area contributed by atoms with Gasteiger partial charge in [0.25, 0.3) is 9.05 Å². The third-order valence-electron chi connectivity index (χ3n) is 2.36. The summed E-state index contributed by atoms with van der Waals surface area (Å²) < 4.78 is 29.3. The Morgan fingerprint density at radius 3 is 2.50 bits per heavy atom. The molecule has 0 spiro atoms. The second-order valence-electron chi connectivity index (χ2n) is 4.34. The van der Waals surface area contributed by atoms with Gasteiger partial charge < -0.3 is 4.74 Å². The van der Waals surface area contributed by atoms with Crippen LogP contribution in [0.1, 0.15) is 26.0 Å². The molecule has 0 atom stereocenters. The van der Waals surface area contributed by atoms with E-state index in [4.69, 9.17) is 27.0 Å². The predicted octanol–water partition coefficient (Wildman–Crippen LogP) is 2.66. The average Bonchev–Trinajstić information content (AvgIpc) is 2.52. The maximum Gasteiger partial charge on any atom is 0.266 e. The van der Waals surface area contributed by atoms with Crippen LogP contribution in [0.3, 0.4) is 0 Å². The predicted molar refractivity (Wildman–Crippen MR) is 70.4 cm³/mol. The SMILES string of the molecule is COCc1nn(CCC(C)C)c(Cl)c1S(=O)(=O)Cl. The third-order valence-corrected chi connectivity index (χ3v) is 4.24. The van der Waals surface area contributed by atoms with Gasteiger partial charge in [-0.3, -0.25) is 4.68 Å². The minimum atomic E-state index is -3.93. The van der Waals surface area contributed by atoms with Crippen molar-refractivity contribution in [3.63, 3.8) is 0 Å². The molecule has 0 amide bonds. The van der Waals surface area contributed by atoms with E-state index < -0.39 is 9.05 Å². The summed E-state index contributed by atoms with van der Waals surface area (Å²) in [5.74, 6) is 0.465. The Bertz CT molecular complexity index is 511. The van der Waals surface area contributed by atoms with Crippen LogP contribution in [-0.4, -0.2) is 25.3 Å². The summed E-state index contributed by atoms with van der Waals surface area (Å²) in [4.78, 5) is -0.156. The quantitative estimate of drug-likeness (QED) is 0.757. The highest BCUT2D eigenvalue weighted by Crippen LogP contribution is 2.29. The van der Waals surface area contributed by atoms with Crippen molar-refractivity contribution in [2.45, 2.75) is 38.3 Å². The lowest BCUT2D eigenvalue weighted by atomic mass is 10.1. The number of ether oxygens (including phenoxy) is 1. The number of halogens is 2. The molecule has 8 heteroatoms. The van der Waals surface area contributed by atoms with Crippen LogP contribution in [-0.2, 0) is 26.9 Å². The third kappa shape index (κ3) is 3.85. The van der Waals surface area contributed by atoms with E-state index in [1.54, 1.807) is 0 Å². The summed E-state index contributed by atoms with van der Waals surface area (Å²) in [5.41, 5.74) is 0.237. The molecule has 1 rings (SSSR count). The van der Waals surface area contributed by atoms with E-state index in [-0.39, 0.29) is 22.3 Å². The zero-order valence-electron chi connectivity index (χ0n) is 10.5. The topological polar surface area (TPSA) is 61.2 Å². The molecule has 0 fully saturated rings. The van der Waals surface area contributed by atoms with Crippen LogP contribution >= 0.6 is 22.3 Å². The van der Waals surface area contributed by atoms with Crippen LogP contribution in [0.15, 0.2) is 4.90 Å². The van der Waals surface area contributed by atoms with Gasteiger partial charge in [0.2, 0.25) is 0 Å². The van der Waals surface area contributed by atoms with Crippen LogP contribution in [0, 0.1) is 5.92 Å². The fraction of sp³-hybridized carbons (Fsp3) is 0.700. The van der Waals surface area contributed by atoms with Crippen LogP contribution in [0.4, 0.5) is 0 Å². The molecule has 5 nitrogen and oxygen atoms in total. The molecular formula is C10H16Cl2N2O3S. The number of rotatable bonds is 6. The molecule has 0 unspecified atom stereocenters. The number of methoxy groups -OCH3 is 1. The van der Waals surface area contributed by atoms with Crippen LogP contribution in [0.5, 0.6) is 0 Å². The molecule has 18 heavy (non-hydrogen) atoms. The molecule has 0 aliphatic carbocycles. The van der Waals surface area contributed by atoms with E-state index in [2.05, 4.69) is 18.9 Å². The standard InChI is InChI=1S/C10H16Cl2N2O3S/c1-7(2)4-5-14-10(11)9(18(12,15)16)8(13-14)6-17-3/h7H,4-6H2,1-3H3. The molecule has 104 valence electrons. The highest BCUT2D eigenvalue weighted by Gasteiger charge is 2.26. The Morgan fingerprint density at radius 1 is 1.44 bits per heavy atom. The second kappa shape index (κ2) is 6.23. The zero-order chi connectivity index (χ0) is 13.9. The molecule has 0 aromatic carbocycles. The molecule has 0 bridgehead atoms. The van der Waals surface area contributed by atoms with E-state index in [0.29, 0.717) is 12.5 Å². The van der Waals surface area contributed by atoms with Crippen LogP contribution in [0.25, 0.3) is 0 Å². The Hall–Kier alpha value is -0.300. The average molecular weight is 315 g/mol. The molecule has 0 aliphatic heterocycles. The monoisotopic (exact) mass is 314 g/mol. The van der Waals surface area contributed by atoms with Crippen molar-refractivity contribution in [2.75, 3.05) is 7.11 Å². The molecule has 0 saturated carbocycles. The molecule has 0 saturated heterocycles. The maximum atomic E-state index is 11.5. The largest absolute Gasteiger partial charge is 0.378 e. The van der Waals surface area contributed by atoms with Crippen molar-refractivity contribution in [1.82, 2.24) is 9.78 Å². The van der Waals surface area contributed by atoms with Crippen molar-refractivity contribution >= 4 is 31.3 Å². The minimum absolute atomic E-state index is 0.0395. The van der Waals surface area contributed by atoms with Crippen LogP contribution < -0.4 is 0 Å². The van der Waals surface area contributed by atoms with E-state index in [0.717, 1.165) is 6.42 Å². The summed E-state index contributed by atoms with van der Waals surface area (Å²) in [6, 6.07) is 0. The van der Waals surface area contributed by atoms with Crippen LogP contribution in [0.2, 0.25) is 5.15 Å². The fourth-order valence-electron chi connectivity index (χ4n) is 1.47. The lowest BCUT2D eigenvalue weighted by Gasteiger charge is -2.05. The van der Waals surface area contributed by atoms with Gasteiger partial charge in [-0.15, -0.1) is 0 Å². The number of nitrogens with zero attached hydrogens (tertiary/aromatic N) is 2. The summed E-state index contributed by atoms with van der Waals surface area (Å²) in [6.07, 6.45) is 0.843. The lowest BCUT2D eigenvalue weighted by molar-refractivity contribution is 0.178. The first kappa shape index (κ1) is 15.8. The summed E-state index contributed by atoms with van der Waals surface area (Å²) in [6.45, 7) is 4.72. The molecule has 0 radical (unpaired) electrons. The van der Waals surface area contributed by atoms with E-state index in [1.165, 1.54) is 11.8 Å². The van der Waals surface area contributed by atoms with Gasteiger partial charge in [-0.05, 0) is 12.3 Å². The normalized spacial score (nSPS) is 12.3. The first-order chi connectivity index (χ1) is 8.27. The number of aryl methyl sites for hydroxylation is 1. The second-order valence-corrected chi connectivity index (χ2v) is 7.20. The van der Waals surface area contributed by atoms with E-state index in [1.807, 2.05) is 0 Å². The summed E-state index contributed by atoms with van der Waals surface area (Å²) in [5, 5.41) is 4.17. The van der Waals surface area contributed by atoms with Crippen molar-refractivity contribution in [3.8, 4) is 0 Å². The molecular weight excluding hydrogens is 299 g/mol. The van der Waals surface area contributed by atoms with Gasteiger partial charge in [0.05, 0.1) is 6.61 Å². The summed E-state index contributed by atoms with van der Waals surface area (Å²) in [7, 11) is 2.88. The van der Waals surface area contributed by atoms with E-state index in [9.17, 15) is 8.42 Å². The fourth-order valence-corrected chi connectivity index (χ4v) is 3.30. The van der Waals surface area contributed by atoms with Gasteiger partial charge in [-0.25, -0.2) is 8.42 Å². The van der Waals surface area contributed by atoms with Crippen molar-refractivity contribution < 1.29 is 13.2 Å². The van der Waals surface area contributed by atoms with Gasteiger partial charge in [-0.1, -0.05) is 25.4 Å². The molecule has 0 N–H and O–H groups in total. The molecule has 1 aromatic heterocycles. The van der Waals surface area contributed by atoms with Gasteiger partial charge in [-0.2, -0.15) is 5.10 Å². The summed E-state index contributed by atoms with van der Waals surface area (Å²) >= 11 is 6.01. The van der Waals surface area contributed by atoms with Gasteiger partial charge >= 0.3 is 0 Å². The Balaban J connectivity index is 3.16. The number of hydrogen-bond donors (Lipinski definition) is 0. The highest BCUT2D eigenvalue weighted by atomic mass is 35.7. The minimum Gasteiger partial charge on any atom is -0.378 e. The molecule has 1 heterocycles. The van der Waals surface area contributed by atoms with Gasteiger partial charge in [0.15, 0.2) is 0 Å². The Morgan fingerprint density at radius 2 is 2.06 bits per heavy atom. The molecule has 0 aliphatic rings. The van der Waals surface area contributed by atoms with Crippen molar-refractivity contribution in [1.29, 1.82) is 0 Å². The van der Waals surface area contributed by atoms with Crippen molar-refractivity contribution in [2.24, 2.45) is 5.92 Å². The van der Waals surface area contributed by atoms with Gasteiger partial charge in [0.1, 0.15) is 15.7 Å².